The molecule has 1 N–H and O–H groups in total. The highest BCUT2D eigenvalue weighted by Crippen LogP contribution is 2.24. The van der Waals surface area contributed by atoms with E-state index in [4.69, 9.17) is 16.3 Å². The molecule has 144 valence electrons. The SMILES string of the molecule is Cc1ccc(NC(=O)COC(=O)c2ccc(N3C(=O)CCC3=O)cc2)c(Cl)c1. The Morgan fingerprint density at radius 3 is 2.32 bits per heavy atom. The number of nitrogens with one attached hydrogen (secondary N) is 1. The summed E-state index contributed by atoms with van der Waals surface area (Å²) in [5.74, 6) is -1.77. The van der Waals surface area contributed by atoms with Crippen LogP contribution in [-0.4, -0.2) is 30.3 Å². The number of benzene rings is 2. The molecule has 0 aliphatic carbocycles. The van der Waals surface area contributed by atoms with Gasteiger partial charge in [0.1, 0.15) is 0 Å². The first-order chi connectivity index (χ1) is 13.3. The minimum absolute atomic E-state index is 0.183. The average Bonchev–Trinajstić information content (AvgIpc) is 3.00. The molecule has 7 nitrogen and oxygen atoms in total. The summed E-state index contributed by atoms with van der Waals surface area (Å²) in [6.45, 7) is 1.40. The number of aryl methyl sites for hydroxylation is 1. The number of halogens is 1. The van der Waals surface area contributed by atoms with E-state index < -0.39 is 18.5 Å². The summed E-state index contributed by atoms with van der Waals surface area (Å²) in [6, 6.07) is 11.0. The maximum Gasteiger partial charge on any atom is 0.338 e. The fraction of sp³-hybridized carbons (Fsp3) is 0.200. The molecule has 1 saturated heterocycles. The minimum atomic E-state index is -0.698. The van der Waals surface area contributed by atoms with Crippen LogP contribution in [0.15, 0.2) is 42.5 Å². The van der Waals surface area contributed by atoms with Gasteiger partial charge in [0.25, 0.3) is 5.91 Å². The third-order valence-corrected chi connectivity index (χ3v) is 4.46. The van der Waals surface area contributed by atoms with Crippen LogP contribution >= 0.6 is 11.6 Å². The molecule has 28 heavy (non-hydrogen) atoms. The Morgan fingerprint density at radius 1 is 1.07 bits per heavy atom. The van der Waals surface area contributed by atoms with Crippen molar-refractivity contribution >= 4 is 46.7 Å². The lowest BCUT2D eigenvalue weighted by molar-refractivity contribution is -0.121. The maximum absolute atomic E-state index is 12.1. The van der Waals surface area contributed by atoms with Gasteiger partial charge in [0, 0.05) is 12.8 Å². The molecule has 0 radical (unpaired) electrons. The van der Waals surface area contributed by atoms with Gasteiger partial charge in [0.15, 0.2) is 6.61 Å². The summed E-state index contributed by atoms with van der Waals surface area (Å²) in [4.78, 5) is 48.6. The molecule has 3 amide bonds. The molecule has 1 aliphatic rings. The van der Waals surface area contributed by atoms with E-state index in [0.29, 0.717) is 16.4 Å². The van der Waals surface area contributed by atoms with Gasteiger partial charge in [-0.15, -0.1) is 0 Å². The second-order valence-electron chi connectivity index (χ2n) is 6.28. The molecule has 0 saturated carbocycles. The van der Waals surface area contributed by atoms with E-state index >= 15 is 0 Å². The first kappa shape index (κ1) is 19.6. The van der Waals surface area contributed by atoms with Crippen molar-refractivity contribution in [3.8, 4) is 0 Å². The number of esters is 1. The van der Waals surface area contributed by atoms with Gasteiger partial charge < -0.3 is 10.1 Å². The summed E-state index contributed by atoms with van der Waals surface area (Å²) in [5, 5.41) is 2.96. The average molecular weight is 401 g/mol. The van der Waals surface area contributed by atoms with E-state index in [-0.39, 0.29) is 30.2 Å². The molecule has 0 unspecified atom stereocenters. The van der Waals surface area contributed by atoms with Gasteiger partial charge in [-0.05, 0) is 48.9 Å². The molecular formula is C20H17ClN2O5. The molecular weight excluding hydrogens is 384 g/mol. The third kappa shape index (κ3) is 4.37. The topological polar surface area (TPSA) is 92.8 Å². The predicted molar refractivity (Wildman–Crippen MR) is 103 cm³/mol. The van der Waals surface area contributed by atoms with Crippen LogP contribution in [0.1, 0.15) is 28.8 Å². The molecule has 2 aromatic carbocycles. The summed E-state index contributed by atoms with van der Waals surface area (Å²) in [5.41, 5.74) is 1.98. The van der Waals surface area contributed by atoms with Crippen molar-refractivity contribution in [1.82, 2.24) is 0 Å². The summed E-state index contributed by atoms with van der Waals surface area (Å²) >= 11 is 6.05. The highest BCUT2D eigenvalue weighted by Gasteiger charge is 2.30. The highest BCUT2D eigenvalue weighted by atomic mass is 35.5. The number of amides is 3. The van der Waals surface area contributed by atoms with Gasteiger partial charge in [0.05, 0.1) is 22.0 Å². The minimum Gasteiger partial charge on any atom is -0.452 e. The molecule has 3 rings (SSSR count). The molecule has 1 aliphatic heterocycles. The quantitative estimate of drug-likeness (QED) is 0.615. The van der Waals surface area contributed by atoms with Crippen molar-refractivity contribution in [3.63, 3.8) is 0 Å². The van der Waals surface area contributed by atoms with Crippen molar-refractivity contribution < 1.29 is 23.9 Å². The third-order valence-electron chi connectivity index (χ3n) is 4.15. The Balaban J connectivity index is 1.56. The van der Waals surface area contributed by atoms with E-state index in [1.165, 1.54) is 24.3 Å². The number of hydrogen-bond acceptors (Lipinski definition) is 5. The van der Waals surface area contributed by atoms with Gasteiger partial charge in [-0.2, -0.15) is 0 Å². The predicted octanol–water partition coefficient (Wildman–Crippen LogP) is 3.10. The van der Waals surface area contributed by atoms with E-state index in [9.17, 15) is 19.2 Å². The summed E-state index contributed by atoms with van der Waals surface area (Å²) in [7, 11) is 0. The van der Waals surface area contributed by atoms with Gasteiger partial charge >= 0.3 is 5.97 Å². The normalized spacial score (nSPS) is 13.6. The lowest BCUT2D eigenvalue weighted by Crippen LogP contribution is -2.28. The number of hydrogen-bond donors (Lipinski definition) is 1. The number of carbonyl (C=O) groups excluding carboxylic acids is 4. The molecule has 1 heterocycles. The fourth-order valence-electron chi connectivity index (χ4n) is 2.73. The van der Waals surface area contributed by atoms with Gasteiger partial charge in [-0.3, -0.25) is 19.3 Å². The van der Waals surface area contributed by atoms with Gasteiger partial charge in [-0.25, -0.2) is 4.79 Å². The molecule has 8 heteroatoms. The van der Waals surface area contributed by atoms with Crippen molar-refractivity contribution in [2.24, 2.45) is 0 Å². The van der Waals surface area contributed by atoms with Crippen molar-refractivity contribution in [2.45, 2.75) is 19.8 Å². The summed E-state index contributed by atoms with van der Waals surface area (Å²) in [6.07, 6.45) is 0.367. The fourth-order valence-corrected chi connectivity index (χ4v) is 3.02. The Morgan fingerprint density at radius 2 is 1.71 bits per heavy atom. The molecule has 0 spiro atoms. The first-order valence-electron chi connectivity index (χ1n) is 8.54. The van der Waals surface area contributed by atoms with Crippen LogP contribution < -0.4 is 10.2 Å². The van der Waals surface area contributed by atoms with Crippen LogP contribution in [0.5, 0.6) is 0 Å². The smallest absolute Gasteiger partial charge is 0.338 e. The number of carbonyl (C=O) groups is 4. The standard InChI is InChI=1S/C20H17ClN2O5/c1-12-2-7-16(15(21)10-12)22-17(24)11-28-20(27)13-3-5-14(6-4-13)23-18(25)8-9-19(23)26/h2-7,10H,8-9,11H2,1H3,(H,22,24). The molecule has 0 aromatic heterocycles. The van der Waals surface area contributed by atoms with Crippen LogP contribution in [0.25, 0.3) is 0 Å². The monoisotopic (exact) mass is 400 g/mol. The van der Waals surface area contributed by atoms with E-state index in [0.717, 1.165) is 10.5 Å². The Bertz CT molecular complexity index is 940. The molecule has 1 fully saturated rings. The van der Waals surface area contributed by atoms with Gasteiger partial charge in [0.2, 0.25) is 11.8 Å². The Kier molecular flexibility index (Phi) is 5.75. The van der Waals surface area contributed by atoms with Crippen LogP contribution in [0.3, 0.4) is 0 Å². The number of nitrogens with zero attached hydrogens (tertiary/aromatic N) is 1. The largest absolute Gasteiger partial charge is 0.452 e. The molecule has 0 bridgehead atoms. The van der Waals surface area contributed by atoms with Crippen LogP contribution in [-0.2, 0) is 19.1 Å². The molecule has 0 atom stereocenters. The van der Waals surface area contributed by atoms with Crippen LogP contribution in [0.4, 0.5) is 11.4 Å². The number of rotatable bonds is 5. The zero-order chi connectivity index (χ0) is 20.3. The number of imide groups is 1. The summed E-state index contributed by atoms with van der Waals surface area (Å²) < 4.78 is 4.99. The Hall–Kier alpha value is -3.19. The van der Waals surface area contributed by atoms with Crippen molar-refractivity contribution in [1.29, 1.82) is 0 Å². The second kappa shape index (κ2) is 8.22. The van der Waals surface area contributed by atoms with Crippen LogP contribution in [0.2, 0.25) is 5.02 Å². The van der Waals surface area contributed by atoms with E-state index in [1.54, 1.807) is 18.2 Å². The highest BCUT2D eigenvalue weighted by molar-refractivity contribution is 6.33. The number of anilines is 2. The maximum atomic E-state index is 12.1. The lowest BCUT2D eigenvalue weighted by Gasteiger charge is -2.14. The second-order valence-corrected chi connectivity index (χ2v) is 6.68. The zero-order valence-corrected chi connectivity index (χ0v) is 15.8. The molecule has 2 aromatic rings. The number of ether oxygens (including phenoxy) is 1. The van der Waals surface area contributed by atoms with Crippen molar-refractivity contribution in [3.05, 3.63) is 58.6 Å². The van der Waals surface area contributed by atoms with E-state index in [1.807, 2.05) is 6.92 Å². The van der Waals surface area contributed by atoms with Gasteiger partial charge in [-0.1, -0.05) is 17.7 Å². The van der Waals surface area contributed by atoms with Crippen molar-refractivity contribution in [2.75, 3.05) is 16.8 Å². The zero-order valence-electron chi connectivity index (χ0n) is 15.0. The van der Waals surface area contributed by atoms with E-state index in [2.05, 4.69) is 5.32 Å². The van der Waals surface area contributed by atoms with Crippen LogP contribution in [0, 0.1) is 6.92 Å². The first-order valence-corrected chi connectivity index (χ1v) is 8.92. The Labute approximate surface area is 166 Å². The lowest BCUT2D eigenvalue weighted by atomic mass is 10.2.